The van der Waals surface area contributed by atoms with Crippen LogP contribution in [0.3, 0.4) is 0 Å². The van der Waals surface area contributed by atoms with Crippen molar-refractivity contribution < 1.29 is 9.47 Å². The van der Waals surface area contributed by atoms with Gasteiger partial charge in [0, 0.05) is 5.33 Å². The van der Waals surface area contributed by atoms with E-state index < -0.39 is 0 Å². The van der Waals surface area contributed by atoms with E-state index in [1.165, 1.54) is 25.1 Å². The SMILES string of the molecule is COc1cnn(-c2cccc(CBr)c2)c(=O)c1OC. The normalized spacial score (nSPS) is 10.3. The minimum atomic E-state index is -0.353. The summed E-state index contributed by atoms with van der Waals surface area (Å²) >= 11 is 3.38. The lowest BCUT2D eigenvalue weighted by Gasteiger charge is -2.10. The van der Waals surface area contributed by atoms with Crippen molar-refractivity contribution in [1.82, 2.24) is 9.78 Å². The number of nitrogens with zero attached hydrogens (tertiary/aromatic N) is 2. The molecule has 0 aliphatic heterocycles. The smallest absolute Gasteiger partial charge is 0.317 e. The van der Waals surface area contributed by atoms with Crippen molar-refractivity contribution in [2.24, 2.45) is 0 Å². The highest BCUT2D eigenvalue weighted by molar-refractivity contribution is 9.08. The molecule has 1 heterocycles. The van der Waals surface area contributed by atoms with Crippen molar-refractivity contribution >= 4 is 15.9 Å². The standard InChI is InChI=1S/C13H13BrN2O3/c1-18-11-8-15-16(13(17)12(11)19-2)10-5-3-4-9(6-10)7-14/h3-6,8H,7H2,1-2H3. The maximum Gasteiger partial charge on any atom is 0.317 e. The van der Waals surface area contributed by atoms with Gasteiger partial charge in [0.2, 0.25) is 5.75 Å². The first kappa shape index (κ1) is 13.6. The molecule has 19 heavy (non-hydrogen) atoms. The van der Waals surface area contributed by atoms with E-state index in [1.807, 2.05) is 24.3 Å². The van der Waals surface area contributed by atoms with Crippen LogP contribution in [0.4, 0.5) is 0 Å². The fraction of sp³-hybridized carbons (Fsp3) is 0.231. The number of alkyl halides is 1. The molecule has 5 nitrogen and oxygen atoms in total. The number of hydrogen-bond acceptors (Lipinski definition) is 4. The largest absolute Gasteiger partial charge is 0.491 e. The van der Waals surface area contributed by atoms with Crippen molar-refractivity contribution in [2.75, 3.05) is 14.2 Å². The Balaban J connectivity index is 2.59. The number of halogens is 1. The second kappa shape index (κ2) is 5.88. The third-order valence-corrected chi connectivity index (χ3v) is 3.28. The monoisotopic (exact) mass is 324 g/mol. The molecule has 0 bridgehead atoms. The third kappa shape index (κ3) is 2.63. The van der Waals surface area contributed by atoms with Crippen LogP contribution in [0.15, 0.2) is 35.3 Å². The van der Waals surface area contributed by atoms with Crippen LogP contribution >= 0.6 is 15.9 Å². The average Bonchev–Trinajstić information content (AvgIpc) is 2.46. The van der Waals surface area contributed by atoms with Crippen LogP contribution in [0, 0.1) is 0 Å². The van der Waals surface area contributed by atoms with Crippen molar-refractivity contribution in [2.45, 2.75) is 5.33 Å². The van der Waals surface area contributed by atoms with Gasteiger partial charge < -0.3 is 9.47 Å². The topological polar surface area (TPSA) is 53.4 Å². The van der Waals surface area contributed by atoms with Gasteiger partial charge in [-0.05, 0) is 17.7 Å². The molecule has 6 heteroatoms. The Morgan fingerprint density at radius 2 is 2.11 bits per heavy atom. The zero-order valence-corrected chi connectivity index (χ0v) is 12.2. The summed E-state index contributed by atoms with van der Waals surface area (Å²) in [6.07, 6.45) is 1.46. The van der Waals surface area contributed by atoms with Gasteiger partial charge in [-0.25, -0.2) is 0 Å². The summed E-state index contributed by atoms with van der Waals surface area (Å²) in [7, 11) is 2.90. The molecule has 0 N–H and O–H groups in total. The summed E-state index contributed by atoms with van der Waals surface area (Å²) in [5.41, 5.74) is 1.39. The van der Waals surface area contributed by atoms with Gasteiger partial charge in [0.05, 0.1) is 26.1 Å². The predicted molar refractivity (Wildman–Crippen MR) is 75.6 cm³/mol. The maximum absolute atomic E-state index is 12.3. The number of ether oxygens (including phenoxy) is 2. The van der Waals surface area contributed by atoms with Crippen LogP contribution in [0.1, 0.15) is 5.56 Å². The van der Waals surface area contributed by atoms with E-state index in [0.717, 1.165) is 5.56 Å². The molecule has 0 radical (unpaired) electrons. The minimum absolute atomic E-state index is 0.141. The Kier molecular flexibility index (Phi) is 4.21. The zero-order valence-electron chi connectivity index (χ0n) is 10.6. The van der Waals surface area contributed by atoms with E-state index in [0.29, 0.717) is 16.8 Å². The Morgan fingerprint density at radius 3 is 2.74 bits per heavy atom. The van der Waals surface area contributed by atoms with Crippen molar-refractivity contribution in [3.8, 4) is 17.2 Å². The molecule has 0 spiro atoms. The lowest BCUT2D eigenvalue weighted by molar-refractivity contribution is 0.344. The highest BCUT2D eigenvalue weighted by Crippen LogP contribution is 2.21. The van der Waals surface area contributed by atoms with Crippen molar-refractivity contribution in [1.29, 1.82) is 0 Å². The molecule has 0 amide bonds. The molecule has 0 saturated carbocycles. The van der Waals surface area contributed by atoms with Gasteiger partial charge in [0.15, 0.2) is 5.75 Å². The quantitative estimate of drug-likeness (QED) is 0.808. The molecular weight excluding hydrogens is 312 g/mol. The summed E-state index contributed by atoms with van der Waals surface area (Å²) in [6, 6.07) is 7.53. The number of aromatic nitrogens is 2. The van der Waals surface area contributed by atoms with E-state index in [4.69, 9.17) is 9.47 Å². The van der Waals surface area contributed by atoms with Crippen LogP contribution in [0.25, 0.3) is 5.69 Å². The van der Waals surface area contributed by atoms with Crippen molar-refractivity contribution in [3.63, 3.8) is 0 Å². The van der Waals surface area contributed by atoms with Gasteiger partial charge >= 0.3 is 5.56 Å². The average molecular weight is 325 g/mol. The number of rotatable bonds is 4. The first-order valence-electron chi connectivity index (χ1n) is 5.57. The molecule has 0 aliphatic rings. The van der Waals surface area contributed by atoms with E-state index in [2.05, 4.69) is 21.0 Å². The summed E-state index contributed by atoms with van der Waals surface area (Å²) in [5.74, 6) is 0.460. The molecule has 0 saturated heterocycles. The molecule has 1 aromatic carbocycles. The molecule has 2 aromatic rings. The van der Waals surface area contributed by atoms with Crippen LogP contribution in [0.5, 0.6) is 11.5 Å². The van der Waals surface area contributed by atoms with Gasteiger partial charge in [0.25, 0.3) is 0 Å². The fourth-order valence-corrected chi connectivity index (χ4v) is 2.06. The van der Waals surface area contributed by atoms with Gasteiger partial charge in [-0.2, -0.15) is 9.78 Å². The molecule has 0 unspecified atom stereocenters. The summed E-state index contributed by atoms with van der Waals surface area (Å²) in [6.45, 7) is 0. The van der Waals surface area contributed by atoms with E-state index in [9.17, 15) is 4.79 Å². The molecule has 2 rings (SSSR count). The van der Waals surface area contributed by atoms with E-state index in [1.54, 1.807) is 0 Å². The summed E-state index contributed by atoms with van der Waals surface area (Å²) in [4.78, 5) is 12.3. The summed E-state index contributed by atoms with van der Waals surface area (Å²) in [5, 5.41) is 4.80. The first-order valence-corrected chi connectivity index (χ1v) is 6.69. The second-order valence-corrected chi connectivity index (χ2v) is 4.33. The van der Waals surface area contributed by atoms with E-state index in [-0.39, 0.29) is 11.3 Å². The fourth-order valence-electron chi connectivity index (χ4n) is 1.71. The van der Waals surface area contributed by atoms with Gasteiger partial charge in [-0.1, -0.05) is 28.1 Å². The zero-order chi connectivity index (χ0) is 13.8. The number of benzene rings is 1. The Bertz CT molecular complexity index is 640. The van der Waals surface area contributed by atoms with Crippen LogP contribution in [-0.4, -0.2) is 24.0 Å². The van der Waals surface area contributed by atoms with E-state index >= 15 is 0 Å². The first-order chi connectivity index (χ1) is 9.21. The predicted octanol–water partition coefficient (Wildman–Crippen LogP) is 2.14. The van der Waals surface area contributed by atoms with Crippen LogP contribution in [-0.2, 0) is 5.33 Å². The molecular formula is C13H13BrN2O3. The second-order valence-electron chi connectivity index (χ2n) is 3.77. The summed E-state index contributed by atoms with van der Waals surface area (Å²) < 4.78 is 11.4. The molecule has 1 aromatic heterocycles. The molecule has 0 aliphatic carbocycles. The molecule has 0 fully saturated rings. The van der Waals surface area contributed by atoms with Gasteiger partial charge in [-0.3, -0.25) is 4.79 Å². The Hall–Kier alpha value is -1.82. The Labute approximate surface area is 118 Å². The van der Waals surface area contributed by atoms with Crippen LogP contribution in [0.2, 0.25) is 0 Å². The van der Waals surface area contributed by atoms with Crippen molar-refractivity contribution in [3.05, 3.63) is 46.4 Å². The lowest BCUT2D eigenvalue weighted by Crippen LogP contribution is -2.22. The number of hydrogen-bond donors (Lipinski definition) is 0. The number of methoxy groups -OCH3 is 2. The molecule has 100 valence electrons. The maximum atomic E-state index is 12.3. The highest BCUT2D eigenvalue weighted by atomic mass is 79.9. The van der Waals surface area contributed by atoms with Gasteiger partial charge in [-0.15, -0.1) is 0 Å². The molecule has 0 atom stereocenters. The minimum Gasteiger partial charge on any atom is -0.491 e. The van der Waals surface area contributed by atoms with Gasteiger partial charge in [0.1, 0.15) is 0 Å². The van der Waals surface area contributed by atoms with Crippen LogP contribution < -0.4 is 15.0 Å². The Morgan fingerprint density at radius 1 is 1.32 bits per heavy atom. The third-order valence-electron chi connectivity index (χ3n) is 2.63. The lowest BCUT2D eigenvalue weighted by atomic mass is 10.2. The highest BCUT2D eigenvalue weighted by Gasteiger charge is 2.13.